The minimum atomic E-state index is 0.00567. The summed E-state index contributed by atoms with van der Waals surface area (Å²) in [5.41, 5.74) is 0.829. The van der Waals surface area contributed by atoms with Crippen LogP contribution >= 0.6 is 0 Å². The highest BCUT2D eigenvalue weighted by atomic mass is 16.5. The van der Waals surface area contributed by atoms with E-state index in [0.717, 1.165) is 31.2 Å². The standard InChI is InChI=1S/C15H22O4/c1-17-12-4-3-5-13(9-12)19-15-8-11(10-16)6-7-14(15)18-2/h6-8,12-13,16H,3-5,9-10H2,1-2H3. The zero-order chi connectivity index (χ0) is 13.7. The van der Waals surface area contributed by atoms with Crippen molar-refractivity contribution in [1.29, 1.82) is 0 Å². The van der Waals surface area contributed by atoms with Crippen molar-refractivity contribution in [2.75, 3.05) is 14.2 Å². The van der Waals surface area contributed by atoms with Crippen molar-refractivity contribution in [3.63, 3.8) is 0 Å². The molecule has 4 heteroatoms. The van der Waals surface area contributed by atoms with Crippen LogP contribution in [0.5, 0.6) is 11.5 Å². The summed E-state index contributed by atoms with van der Waals surface area (Å²) in [7, 11) is 3.37. The first kappa shape index (κ1) is 14.2. The van der Waals surface area contributed by atoms with Crippen LogP contribution in [0.15, 0.2) is 18.2 Å². The van der Waals surface area contributed by atoms with Gasteiger partial charge in [0.25, 0.3) is 0 Å². The maximum atomic E-state index is 9.20. The molecule has 0 saturated heterocycles. The lowest BCUT2D eigenvalue weighted by Gasteiger charge is -2.29. The van der Waals surface area contributed by atoms with E-state index in [1.54, 1.807) is 14.2 Å². The van der Waals surface area contributed by atoms with Gasteiger partial charge in [0, 0.05) is 13.5 Å². The predicted octanol–water partition coefficient (Wildman–Crippen LogP) is 2.52. The lowest BCUT2D eigenvalue weighted by Crippen LogP contribution is -2.29. The van der Waals surface area contributed by atoms with Crippen LogP contribution < -0.4 is 9.47 Å². The van der Waals surface area contributed by atoms with E-state index in [2.05, 4.69) is 0 Å². The molecular formula is C15H22O4. The van der Waals surface area contributed by atoms with E-state index in [4.69, 9.17) is 14.2 Å². The van der Waals surface area contributed by atoms with Crippen LogP contribution in [0.4, 0.5) is 0 Å². The molecule has 1 N–H and O–H groups in total. The fourth-order valence-electron chi connectivity index (χ4n) is 2.51. The van der Waals surface area contributed by atoms with Crippen LogP contribution in [0.1, 0.15) is 31.2 Å². The molecule has 19 heavy (non-hydrogen) atoms. The number of rotatable bonds is 5. The second-order valence-corrected chi connectivity index (χ2v) is 4.91. The lowest BCUT2D eigenvalue weighted by molar-refractivity contribution is 0.0201. The second kappa shape index (κ2) is 6.78. The molecule has 1 fully saturated rings. The van der Waals surface area contributed by atoms with Crippen molar-refractivity contribution >= 4 is 0 Å². The van der Waals surface area contributed by atoms with Crippen LogP contribution in [-0.2, 0) is 11.3 Å². The summed E-state index contributed by atoms with van der Waals surface area (Å²) in [5.74, 6) is 1.41. The fourth-order valence-corrected chi connectivity index (χ4v) is 2.51. The van der Waals surface area contributed by atoms with E-state index in [-0.39, 0.29) is 18.8 Å². The third-order valence-corrected chi connectivity index (χ3v) is 3.62. The highest BCUT2D eigenvalue weighted by Crippen LogP contribution is 2.32. The Balaban J connectivity index is 2.08. The Morgan fingerprint density at radius 3 is 2.63 bits per heavy atom. The monoisotopic (exact) mass is 266 g/mol. The molecule has 106 valence electrons. The molecule has 0 spiro atoms. The van der Waals surface area contributed by atoms with E-state index < -0.39 is 0 Å². The smallest absolute Gasteiger partial charge is 0.161 e. The lowest BCUT2D eigenvalue weighted by atomic mass is 9.95. The molecule has 0 amide bonds. The number of hydrogen-bond donors (Lipinski definition) is 1. The van der Waals surface area contributed by atoms with Crippen molar-refractivity contribution in [3.05, 3.63) is 23.8 Å². The van der Waals surface area contributed by atoms with Crippen LogP contribution in [-0.4, -0.2) is 31.5 Å². The quantitative estimate of drug-likeness (QED) is 0.889. The van der Waals surface area contributed by atoms with E-state index >= 15 is 0 Å². The molecule has 1 aromatic rings. The topological polar surface area (TPSA) is 47.9 Å². The van der Waals surface area contributed by atoms with Gasteiger partial charge in [-0.2, -0.15) is 0 Å². The number of methoxy groups -OCH3 is 2. The van der Waals surface area contributed by atoms with Crippen LogP contribution in [0, 0.1) is 0 Å². The molecule has 1 aromatic carbocycles. The van der Waals surface area contributed by atoms with Crippen molar-refractivity contribution in [1.82, 2.24) is 0 Å². The van der Waals surface area contributed by atoms with Gasteiger partial charge in [0.1, 0.15) is 6.10 Å². The minimum Gasteiger partial charge on any atom is -0.493 e. The SMILES string of the molecule is COc1ccc(CO)cc1OC1CCCC(OC)C1. The molecule has 2 rings (SSSR count). The van der Waals surface area contributed by atoms with Crippen LogP contribution in [0.25, 0.3) is 0 Å². The Morgan fingerprint density at radius 1 is 1.16 bits per heavy atom. The molecule has 1 aliphatic rings. The number of ether oxygens (including phenoxy) is 3. The van der Waals surface area contributed by atoms with Gasteiger partial charge in [-0.1, -0.05) is 6.07 Å². The fraction of sp³-hybridized carbons (Fsp3) is 0.600. The van der Waals surface area contributed by atoms with Gasteiger partial charge in [-0.3, -0.25) is 0 Å². The normalized spacial score (nSPS) is 23.1. The summed E-state index contributed by atoms with van der Waals surface area (Å²) in [4.78, 5) is 0. The molecule has 2 atom stereocenters. The first-order valence-electron chi connectivity index (χ1n) is 6.74. The van der Waals surface area contributed by atoms with Gasteiger partial charge in [0.05, 0.1) is 19.8 Å². The average Bonchev–Trinajstić information content (AvgIpc) is 2.47. The Hall–Kier alpha value is -1.26. The maximum Gasteiger partial charge on any atom is 0.161 e. The highest BCUT2D eigenvalue weighted by Gasteiger charge is 2.24. The first-order chi connectivity index (χ1) is 9.26. The predicted molar refractivity (Wildman–Crippen MR) is 72.6 cm³/mol. The summed E-state index contributed by atoms with van der Waals surface area (Å²) >= 11 is 0. The maximum absolute atomic E-state index is 9.20. The molecular weight excluding hydrogens is 244 g/mol. The molecule has 0 bridgehead atoms. The summed E-state index contributed by atoms with van der Waals surface area (Å²) in [6, 6.07) is 5.51. The van der Waals surface area contributed by atoms with Crippen LogP contribution in [0.2, 0.25) is 0 Å². The summed E-state index contributed by atoms with van der Waals surface area (Å²) < 4.78 is 16.7. The zero-order valence-electron chi connectivity index (χ0n) is 11.6. The molecule has 4 nitrogen and oxygen atoms in total. The molecule has 0 heterocycles. The van der Waals surface area contributed by atoms with Gasteiger partial charge < -0.3 is 19.3 Å². The zero-order valence-corrected chi connectivity index (χ0v) is 11.6. The van der Waals surface area contributed by atoms with E-state index in [9.17, 15) is 5.11 Å². The summed E-state index contributed by atoms with van der Waals surface area (Å²) in [6.07, 6.45) is 4.59. The number of aliphatic hydroxyl groups excluding tert-OH is 1. The van der Waals surface area contributed by atoms with Gasteiger partial charge in [-0.25, -0.2) is 0 Å². The summed E-state index contributed by atoms with van der Waals surface area (Å²) in [6.45, 7) is 0.00567. The molecule has 0 aromatic heterocycles. The number of benzene rings is 1. The van der Waals surface area contributed by atoms with Crippen molar-refractivity contribution in [2.45, 2.75) is 44.5 Å². The van der Waals surface area contributed by atoms with Crippen molar-refractivity contribution in [3.8, 4) is 11.5 Å². The van der Waals surface area contributed by atoms with Gasteiger partial charge in [-0.15, -0.1) is 0 Å². The molecule has 1 saturated carbocycles. The summed E-state index contributed by atoms with van der Waals surface area (Å²) in [5, 5.41) is 9.20. The molecule has 0 radical (unpaired) electrons. The minimum absolute atomic E-state index is 0.00567. The number of aliphatic hydroxyl groups is 1. The molecule has 2 unspecified atom stereocenters. The second-order valence-electron chi connectivity index (χ2n) is 4.91. The number of hydrogen-bond acceptors (Lipinski definition) is 4. The average molecular weight is 266 g/mol. The van der Waals surface area contributed by atoms with Gasteiger partial charge >= 0.3 is 0 Å². The van der Waals surface area contributed by atoms with Gasteiger partial charge in [0.2, 0.25) is 0 Å². The van der Waals surface area contributed by atoms with E-state index in [0.29, 0.717) is 11.5 Å². The van der Waals surface area contributed by atoms with E-state index in [1.165, 1.54) is 0 Å². The Bertz CT molecular complexity index is 405. The third kappa shape index (κ3) is 3.61. The van der Waals surface area contributed by atoms with Gasteiger partial charge in [0.15, 0.2) is 11.5 Å². The molecule has 1 aliphatic carbocycles. The Morgan fingerprint density at radius 2 is 1.95 bits per heavy atom. The highest BCUT2D eigenvalue weighted by molar-refractivity contribution is 5.42. The Labute approximate surface area is 114 Å². The first-order valence-corrected chi connectivity index (χ1v) is 6.74. The van der Waals surface area contributed by atoms with Crippen molar-refractivity contribution in [2.24, 2.45) is 0 Å². The third-order valence-electron chi connectivity index (χ3n) is 3.62. The Kier molecular flexibility index (Phi) is 5.05. The van der Waals surface area contributed by atoms with Gasteiger partial charge in [-0.05, 0) is 37.0 Å². The van der Waals surface area contributed by atoms with Crippen LogP contribution in [0.3, 0.4) is 0 Å². The van der Waals surface area contributed by atoms with E-state index in [1.807, 2.05) is 18.2 Å². The van der Waals surface area contributed by atoms with Crippen molar-refractivity contribution < 1.29 is 19.3 Å². The largest absolute Gasteiger partial charge is 0.493 e. The molecule has 0 aliphatic heterocycles.